The smallest absolute Gasteiger partial charge is 0.319 e. The van der Waals surface area contributed by atoms with Crippen LogP contribution in [0.5, 0.6) is 0 Å². The van der Waals surface area contributed by atoms with E-state index >= 15 is 0 Å². The number of hydrogen-bond donors (Lipinski definition) is 2. The Hall–Kier alpha value is -1.14. The fourth-order valence-corrected chi connectivity index (χ4v) is 2.80. The Morgan fingerprint density at radius 2 is 1.78 bits per heavy atom. The van der Waals surface area contributed by atoms with Crippen molar-refractivity contribution in [3.8, 4) is 0 Å². The van der Waals surface area contributed by atoms with E-state index in [-0.39, 0.29) is 5.91 Å². The van der Waals surface area contributed by atoms with Crippen molar-refractivity contribution in [1.29, 1.82) is 0 Å². The molecule has 1 unspecified atom stereocenters. The zero-order chi connectivity index (χ0) is 13.3. The molecule has 1 fully saturated rings. The quantitative estimate of drug-likeness (QED) is 0.783. The molecule has 0 radical (unpaired) electrons. The van der Waals surface area contributed by atoms with Gasteiger partial charge in [0.25, 0.3) is 5.91 Å². The maximum absolute atomic E-state index is 11.8. The third kappa shape index (κ3) is 2.22. The molecule has 94 valence electrons. The average Bonchev–Trinajstić information content (AvgIpc) is 2.63. The van der Waals surface area contributed by atoms with Crippen LogP contribution < -0.4 is 10.6 Å². The van der Waals surface area contributed by atoms with Crippen molar-refractivity contribution < 1.29 is 9.59 Å². The Morgan fingerprint density at radius 3 is 2.28 bits per heavy atom. The second kappa shape index (κ2) is 4.85. The number of rotatable bonds is 2. The highest BCUT2D eigenvalue weighted by Crippen LogP contribution is 2.36. The Bertz CT molecular complexity index is 542. The summed E-state index contributed by atoms with van der Waals surface area (Å²) in [7, 11) is 0. The van der Waals surface area contributed by atoms with E-state index in [9.17, 15) is 9.59 Å². The van der Waals surface area contributed by atoms with E-state index in [1.54, 1.807) is 6.92 Å². The summed E-state index contributed by atoms with van der Waals surface area (Å²) in [5.41, 5.74) is -0.175. The van der Waals surface area contributed by atoms with Crippen LogP contribution in [0, 0.1) is 0 Å². The van der Waals surface area contributed by atoms with E-state index in [0.29, 0.717) is 4.48 Å². The first-order valence-corrected chi connectivity index (χ1v) is 6.78. The summed E-state index contributed by atoms with van der Waals surface area (Å²) in [4.78, 5) is 23.0. The highest BCUT2D eigenvalue weighted by atomic mass is 79.9. The first-order valence-electron chi connectivity index (χ1n) is 5.20. The number of imide groups is 1. The molecule has 1 aromatic rings. The molecule has 1 aliphatic heterocycles. The van der Waals surface area contributed by atoms with E-state index in [1.165, 1.54) is 0 Å². The molecule has 1 saturated heterocycles. The molecule has 1 aliphatic rings. The number of urea groups is 1. The lowest BCUT2D eigenvalue weighted by Crippen LogP contribution is -2.44. The number of amides is 3. The molecule has 0 aliphatic carbocycles. The van der Waals surface area contributed by atoms with E-state index in [2.05, 4.69) is 42.5 Å². The molecule has 2 rings (SSSR count). The molecule has 1 atom stereocenters. The van der Waals surface area contributed by atoms with Gasteiger partial charge in [-0.25, -0.2) is 4.79 Å². The number of carbonyl (C=O) groups is 2. The van der Waals surface area contributed by atoms with Crippen LogP contribution in [0.3, 0.4) is 0 Å². The molecule has 0 spiro atoms. The topological polar surface area (TPSA) is 58.2 Å². The van der Waals surface area contributed by atoms with Crippen molar-refractivity contribution in [2.75, 3.05) is 0 Å². The molecule has 4 nitrogen and oxygen atoms in total. The van der Waals surface area contributed by atoms with E-state index in [4.69, 9.17) is 0 Å². The Balaban J connectivity index is 2.45. The van der Waals surface area contributed by atoms with Gasteiger partial charge in [0.2, 0.25) is 0 Å². The Kier molecular flexibility index (Phi) is 3.59. The number of halogens is 2. The zero-order valence-electron chi connectivity index (χ0n) is 9.46. The lowest BCUT2D eigenvalue weighted by Gasteiger charge is -2.21. The van der Waals surface area contributed by atoms with Crippen molar-refractivity contribution >= 4 is 48.3 Å². The summed E-state index contributed by atoms with van der Waals surface area (Å²) in [6, 6.07) is 9.02. The van der Waals surface area contributed by atoms with Gasteiger partial charge in [0.05, 0.1) is 0 Å². The van der Waals surface area contributed by atoms with Gasteiger partial charge < -0.3 is 5.32 Å². The Labute approximate surface area is 121 Å². The van der Waals surface area contributed by atoms with Crippen molar-refractivity contribution in [1.82, 2.24) is 10.6 Å². The van der Waals surface area contributed by atoms with Crippen LogP contribution in [0.25, 0.3) is 4.48 Å². The molecular weight excluding hydrogens is 364 g/mol. The minimum atomic E-state index is -1.09. The van der Waals surface area contributed by atoms with Gasteiger partial charge in [-0.2, -0.15) is 0 Å². The summed E-state index contributed by atoms with van der Waals surface area (Å²) in [6.07, 6.45) is 0. The number of nitrogens with one attached hydrogen (secondary N) is 2. The summed E-state index contributed by atoms with van der Waals surface area (Å²) >= 11 is 6.83. The summed E-state index contributed by atoms with van der Waals surface area (Å²) in [5, 5.41) is 4.82. The molecule has 2 N–H and O–H groups in total. The van der Waals surface area contributed by atoms with Gasteiger partial charge in [0, 0.05) is 8.96 Å². The molecule has 0 aromatic heterocycles. The van der Waals surface area contributed by atoms with Crippen LogP contribution in [0.4, 0.5) is 4.79 Å². The number of benzene rings is 1. The highest BCUT2D eigenvalue weighted by molar-refractivity contribution is 9.16. The van der Waals surface area contributed by atoms with E-state index in [0.717, 1.165) is 10.0 Å². The van der Waals surface area contributed by atoms with Crippen LogP contribution in [0.15, 0.2) is 34.8 Å². The molecule has 1 aromatic carbocycles. The van der Waals surface area contributed by atoms with Crippen LogP contribution in [0.2, 0.25) is 0 Å². The van der Waals surface area contributed by atoms with Crippen molar-refractivity contribution in [2.24, 2.45) is 0 Å². The normalized spacial score (nSPS) is 24.4. The van der Waals surface area contributed by atoms with Crippen LogP contribution >= 0.6 is 31.9 Å². The van der Waals surface area contributed by atoms with Crippen molar-refractivity contribution in [3.05, 3.63) is 40.4 Å². The fraction of sp³-hybridized carbons (Fsp3) is 0.167. The van der Waals surface area contributed by atoms with E-state index in [1.807, 2.05) is 30.3 Å². The maximum atomic E-state index is 11.8. The van der Waals surface area contributed by atoms with Crippen molar-refractivity contribution in [2.45, 2.75) is 12.5 Å². The SMILES string of the molecule is CC1(/C(Br)=C(\Br)c2ccccc2)NC(=O)NC1=O. The molecular formula is C12H10Br2N2O2. The predicted octanol–water partition coefficient (Wildman–Crippen LogP) is 2.74. The van der Waals surface area contributed by atoms with Gasteiger partial charge in [-0.1, -0.05) is 46.3 Å². The van der Waals surface area contributed by atoms with Crippen LogP contribution in [-0.2, 0) is 4.79 Å². The average molecular weight is 374 g/mol. The minimum Gasteiger partial charge on any atom is -0.319 e. The van der Waals surface area contributed by atoms with Gasteiger partial charge in [0.1, 0.15) is 0 Å². The third-order valence-corrected chi connectivity index (χ3v) is 5.28. The largest absolute Gasteiger partial charge is 0.322 e. The van der Waals surface area contributed by atoms with Crippen LogP contribution in [-0.4, -0.2) is 17.5 Å². The monoisotopic (exact) mass is 372 g/mol. The summed E-state index contributed by atoms with van der Waals surface area (Å²) in [5.74, 6) is -0.382. The summed E-state index contributed by atoms with van der Waals surface area (Å²) < 4.78 is 1.30. The second-order valence-corrected chi connectivity index (χ2v) is 5.61. The second-order valence-electron chi connectivity index (χ2n) is 4.03. The first kappa shape index (κ1) is 13.3. The number of carbonyl (C=O) groups excluding carboxylic acids is 2. The maximum Gasteiger partial charge on any atom is 0.322 e. The molecule has 1 heterocycles. The molecule has 6 heteroatoms. The molecule has 0 saturated carbocycles. The van der Waals surface area contributed by atoms with Crippen LogP contribution in [0.1, 0.15) is 12.5 Å². The number of hydrogen-bond acceptors (Lipinski definition) is 2. The molecule has 3 amide bonds. The predicted molar refractivity (Wildman–Crippen MR) is 76.3 cm³/mol. The van der Waals surface area contributed by atoms with Gasteiger partial charge in [0.15, 0.2) is 5.54 Å². The first-order chi connectivity index (χ1) is 8.45. The molecule has 18 heavy (non-hydrogen) atoms. The lowest BCUT2D eigenvalue weighted by atomic mass is 10.0. The van der Waals surface area contributed by atoms with Gasteiger partial charge in [-0.15, -0.1) is 0 Å². The zero-order valence-corrected chi connectivity index (χ0v) is 12.6. The van der Waals surface area contributed by atoms with Gasteiger partial charge in [-0.3, -0.25) is 10.1 Å². The fourth-order valence-electron chi connectivity index (χ4n) is 1.63. The minimum absolute atomic E-state index is 0.382. The standard InChI is InChI=1S/C12H10Br2N2O2/c1-12(10(17)15-11(18)16-12)9(14)8(13)7-5-3-2-4-6-7/h2-6H,1H3,(H2,15,16,17,18)/b9-8+. The van der Waals surface area contributed by atoms with Crippen molar-refractivity contribution in [3.63, 3.8) is 0 Å². The third-order valence-electron chi connectivity index (χ3n) is 2.70. The molecule has 0 bridgehead atoms. The lowest BCUT2D eigenvalue weighted by molar-refractivity contribution is -0.122. The highest BCUT2D eigenvalue weighted by Gasteiger charge is 2.45. The summed E-state index contributed by atoms with van der Waals surface area (Å²) in [6.45, 7) is 1.64. The Morgan fingerprint density at radius 1 is 1.17 bits per heavy atom. The van der Waals surface area contributed by atoms with Gasteiger partial charge in [-0.05, 0) is 28.4 Å². The van der Waals surface area contributed by atoms with Gasteiger partial charge >= 0.3 is 6.03 Å². The van der Waals surface area contributed by atoms with E-state index < -0.39 is 11.6 Å².